The molecule has 7 heteroatoms. The molecule has 0 saturated carbocycles. The van der Waals surface area contributed by atoms with Crippen LogP contribution in [0.15, 0.2) is 30.3 Å². The van der Waals surface area contributed by atoms with Gasteiger partial charge in [-0.25, -0.2) is 13.9 Å². The average Bonchev–Trinajstić information content (AvgIpc) is 3.21. The molecule has 3 heterocycles. The van der Waals surface area contributed by atoms with Crippen LogP contribution in [-0.2, 0) is 0 Å². The van der Waals surface area contributed by atoms with Gasteiger partial charge in [0.1, 0.15) is 5.82 Å². The highest BCUT2D eigenvalue weighted by Crippen LogP contribution is 2.32. The quantitative estimate of drug-likeness (QED) is 0.720. The predicted octanol–water partition coefficient (Wildman–Crippen LogP) is 2.86. The number of carbonyl (C=O) groups excluding carboxylic acids is 1. The Kier molecular flexibility index (Phi) is 3.71. The summed E-state index contributed by atoms with van der Waals surface area (Å²) in [6, 6.07) is 8.14. The Bertz CT molecular complexity index is 950. The molecule has 2 aromatic heterocycles. The highest BCUT2D eigenvalue weighted by atomic mass is 19.1. The molecule has 0 spiro atoms. The van der Waals surface area contributed by atoms with E-state index in [0.29, 0.717) is 12.3 Å². The van der Waals surface area contributed by atoms with E-state index in [-0.39, 0.29) is 23.6 Å². The van der Waals surface area contributed by atoms with Gasteiger partial charge < -0.3 is 4.90 Å². The maximum absolute atomic E-state index is 13.2. The number of hydrogen-bond donors (Lipinski definition) is 0. The fraction of sp³-hybridized carbons (Fsp3) is 0.333. The van der Waals surface area contributed by atoms with Crippen molar-refractivity contribution in [3.8, 4) is 0 Å². The van der Waals surface area contributed by atoms with E-state index >= 15 is 0 Å². The first-order chi connectivity index (χ1) is 12.0. The van der Waals surface area contributed by atoms with Crippen molar-refractivity contribution < 1.29 is 9.18 Å². The van der Waals surface area contributed by atoms with Crippen molar-refractivity contribution in [3.05, 3.63) is 58.9 Å². The van der Waals surface area contributed by atoms with Crippen molar-refractivity contribution in [1.82, 2.24) is 24.5 Å². The molecule has 1 saturated heterocycles. The first-order valence-electron chi connectivity index (χ1n) is 8.30. The maximum atomic E-state index is 13.2. The van der Waals surface area contributed by atoms with Crippen LogP contribution < -0.4 is 0 Å². The van der Waals surface area contributed by atoms with Gasteiger partial charge in [0, 0.05) is 17.9 Å². The van der Waals surface area contributed by atoms with Gasteiger partial charge in [-0.2, -0.15) is 4.98 Å². The van der Waals surface area contributed by atoms with Crippen LogP contribution in [-0.4, -0.2) is 36.9 Å². The second-order valence-corrected chi connectivity index (χ2v) is 6.39. The first kappa shape index (κ1) is 15.7. The number of aryl methyl sites for hydroxylation is 2. The van der Waals surface area contributed by atoms with Gasteiger partial charge in [-0.05, 0) is 50.5 Å². The van der Waals surface area contributed by atoms with Crippen LogP contribution in [0.4, 0.5) is 4.39 Å². The molecule has 0 radical (unpaired) electrons. The number of carbonyl (C=O) groups is 1. The van der Waals surface area contributed by atoms with Gasteiger partial charge >= 0.3 is 0 Å². The Morgan fingerprint density at radius 1 is 1.20 bits per heavy atom. The molecule has 3 aromatic rings. The zero-order chi connectivity index (χ0) is 17.6. The molecule has 1 fully saturated rings. The third-order valence-corrected chi connectivity index (χ3v) is 4.58. The monoisotopic (exact) mass is 339 g/mol. The topological polar surface area (TPSA) is 63.4 Å². The van der Waals surface area contributed by atoms with Crippen LogP contribution in [0, 0.1) is 19.7 Å². The van der Waals surface area contributed by atoms with Crippen molar-refractivity contribution in [1.29, 1.82) is 0 Å². The third kappa shape index (κ3) is 2.75. The molecular weight excluding hydrogens is 321 g/mol. The summed E-state index contributed by atoms with van der Waals surface area (Å²) in [5.74, 6) is 0.0847. The summed E-state index contributed by atoms with van der Waals surface area (Å²) >= 11 is 0. The molecule has 128 valence electrons. The third-order valence-electron chi connectivity index (χ3n) is 4.58. The Morgan fingerprint density at radius 3 is 2.72 bits per heavy atom. The average molecular weight is 339 g/mol. The largest absolute Gasteiger partial charge is 0.329 e. The van der Waals surface area contributed by atoms with Gasteiger partial charge in [0.25, 0.3) is 11.7 Å². The summed E-state index contributed by atoms with van der Waals surface area (Å²) in [7, 11) is 0. The molecule has 1 amide bonds. The summed E-state index contributed by atoms with van der Waals surface area (Å²) in [6.07, 6.45) is 1.75. The minimum absolute atomic E-state index is 0.0736. The second kappa shape index (κ2) is 5.91. The summed E-state index contributed by atoms with van der Waals surface area (Å²) in [6.45, 7) is 4.43. The predicted molar refractivity (Wildman–Crippen MR) is 89.7 cm³/mol. The van der Waals surface area contributed by atoms with E-state index in [1.807, 2.05) is 19.9 Å². The summed E-state index contributed by atoms with van der Waals surface area (Å²) < 4.78 is 14.8. The van der Waals surface area contributed by atoms with Crippen molar-refractivity contribution in [2.75, 3.05) is 6.54 Å². The lowest BCUT2D eigenvalue weighted by molar-refractivity contribution is 0.0723. The van der Waals surface area contributed by atoms with E-state index in [2.05, 4.69) is 15.1 Å². The maximum Gasteiger partial charge on any atom is 0.294 e. The lowest BCUT2D eigenvalue weighted by atomic mass is 10.0. The number of hydrogen-bond acceptors (Lipinski definition) is 4. The highest BCUT2D eigenvalue weighted by molar-refractivity contribution is 5.91. The summed E-state index contributed by atoms with van der Waals surface area (Å²) in [5, 5.41) is 4.33. The fourth-order valence-corrected chi connectivity index (χ4v) is 3.43. The van der Waals surface area contributed by atoms with Gasteiger partial charge in [0.05, 0.1) is 6.04 Å². The number of fused-ring (bicyclic) bond motifs is 1. The number of nitrogens with zero attached hydrogens (tertiary/aromatic N) is 5. The molecule has 1 aliphatic rings. The van der Waals surface area contributed by atoms with Crippen molar-refractivity contribution in [3.63, 3.8) is 0 Å². The Balaban J connectivity index is 1.67. The second-order valence-electron chi connectivity index (χ2n) is 6.39. The molecule has 0 aliphatic carbocycles. The normalized spacial score (nSPS) is 17.4. The fourth-order valence-electron chi connectivity index (χ4n) is 3.43. The molecule has 1 aliphatic heterocycles. The van der Waals surface area contributed by atoms with E-state index < -0.39 is 0 Å². The SMILES string of the molecule is Cc1cc(C)n2nc(C(=O)N3CCC[C@@H]3c3ccc(F)cc3)nc2n1. The number of likely N-dealkylation sites (tertiary alicyclic amines) is 1. The number of benzene rings is 1. The lowest BCUT2D eigenvalue weighted by Crippen LogP contribution is -2.31. The molecule has 6 nitrogen and oxygen atoms in total. The highest BCUT2D eigenvalue weighted by Gasteiger charge is 2.32. The van der Waals surface area contributed by atoms with Crippen LogP contribution in [0.5, 0.6) is 0 Å². The zero-order valence-corrected chi connectivity index (χ0v) is 14.1. The number of halogens is 1. The standard InChI is InChI=1S/C18H18FN5O/c1-11-10-12(2)24-18(20-11)21-16(22-24)17(25)23-9-3-4-15(23)13-5-7-14(19)8-6-13/h5-8,10,15H,3-4,9H2,1-2H3/t15-/m1/s1. The van der Waals surface area contributed by atoms with E-state index in [1.54, 1.807) is 21.5 Å². The summed E-state index contributed by atoms with van der Waals surface area (Å²) in [5.41, 5.74) is 2.65. The van der Waals surface area contributed by atoms with Gasteiger partial charge in [-0.15, -0.1) is 5.10 Å². The molecule has 0 bridgehead atoms. The van der Waals surface area contributed by atoms with Crippen LogP contribution in [0.1, 0.15) is 46.5 Å². The van der Waals surface area contributed by atoms with E-state index in [4.69, 9.17) is 0 Å². The number of rotatable bonds is 2. The van der Waals surface area contributed by atoms with E-state index in [0.717, 1.165) is 29.8 Å². The number of aromatic nitrogens is 4. The first-order valence-corrected chi connectivity index (χ1v) is 8.30. The van der Waals surface area contributed by atoms with Gasteiger partial charge in [0.2, 0.25) is 5.82 Å². The van der Waals surface area contributed by atoms with Crippen molar-refractivity contribution in [2.45, 2.75) is 32.7 Å². The molecule has 0 unspecified atom stereocenters. The Hall–Kier alpha value is -2.83. The molecule has 0 N–H and O–H groups in total. The Labute approximate surface area is 144 Å². The number of amides is 1. The van der Waals surface area contributed by atoms with Gasteiger partial charge in [0.15, 0.2) is 0 Å². The Morgan fingerprint density at radius 2 is 1.96 bits per heavy atom. The molecular formula is C18H18FN5O. The smallest absolute Gasteiger partial charge is 0.294 e. The summed E-state index contributed by atoms with van der Waals surface area (Å²) in [4.78, 5) is 23.4. The lowest BCUT2D eigenvalue weighted by Gasteiger charge is -2.23. The van der Waals surface area contributed by atoms with E-state index in [1.165, 1.54) is 12.1 Å². The molecule has 1 aromatic carbocycles. The van der Waals surface area contributed by atoms with Crippen LogP contribution in [0.2, 0.25) is 0 Å². The van der Waals surface area contributed by atoms with Crippen LogP contribution >= 0.6 is 0 Å². The molecule has 1 atom stereocenters. The zero-order valence-electron chi connectivity index (χ0n) is 14.1. The minimum Gasteiger partial charge on any atom is -0.329 e. The van der Waals surface area contributed by atoms with Crippen molar-refractivity contribution >= 4 is 11.7 Å². The molecule has 25 heavy (non-hydrogen) atoms. The van der Waals surface area contributed by atoms with Gasteiger partial charge in [-0.3, -0.25) is 4.79 Å². The van der Waals surface area contributed by atoms with E-state index in [9.17, 15) is 9.18 Å². The van der Waals surface area contributed by atoms with Gasteiger partial charge in [-0.1, -0.05) is 12.1 Å². The van der Waals surface area contributed by atoms with Crippen molar-refractivity contribution in [2.24, 2.45) is 0 Å². The minimum atomic E-state index is -0.279. The molecule has 4 rings (SSSR count). The van der Waals surface area contributed by atoms with Crippen LogP contribution in [0.3, 0.4) is 0 Å². The van der Waals surface area contributed by atoms with Crippen LogP contribution in [0.25, 0.3) is 5.78 Å².